The Bertz CT molecular complexity index is 493. The SMILES string of the molecule is COc1cccc(C(=O)N(CC2CCCNC2)C2CC2)c1. The molecule has 1 aromatic carbocycles. The fourth-order valence-electron chi connectivity index (χ4n) is 3.06. The standard InChI is InChI=1S/C17H24N2O2/c1-21-16-6-2-5-14(10-16)17(20)19(15-7-8-15)12-13-4-3-9-18-11-13/h2,5-6,10,13,15,18H,3-4,7-9,11-12H2,1H3. The third-order valence-electron chi connectivity index (χ3n) is 4.42. The minimum atomic E-state index is 0.155. The van der Waals surface area contributed by atoms with Gasteiger partial charge < -0.3 is 15.0 Å². The van der Waals surface area contributed by atoms with Crippen LogP contribution in [0.3, 0.4) is 0 Å². The highest BCUT2D eigenvalue weighted by Gasteiger charge is 2.34. The average Bonchev–Trinajstić information content (AvgIpc) is 3.38. The lowest BCUT2D eigenvalue weighted by Gasteiger charge is -2.30. The van der Waals surface area contributed by atoms with Crippen LogP contribution in [0, 0.1) is 5.92 Å². The number of hydrogen-bond acceptors (Lipinski definition) is 3. The molecule has 0 spiro atoms. The normalized spacial score (nSPS) is 21.9. The number of amides is 1. The molecule has 1 amide bonds. The van der Waals surface area contributed by atoms with E-state index in [1.165, 1.54) is 12.8 Å². The van der Waals surface area contributed by atoms with Crippen LogP contribution in [0.1, 0.15) is 36.0 Å². The molecule has 0 aromatic heterocycles. The Morgan fingerprint density at radius 3 is 2.90 bits per heavy atom. The second kappa shape index (κ2) is 6.48. The van der Waals surface area contributed by atoms with Crippen molar-refractivity contribution in [3.05, 3.63) is 29.8 Å². The number of rotatable bonds is 5. The van der Waals surface area contributed by atoms with Gasteiger partial charge in [0.1, 0.15) is 5.75 Å². The summed E-state index contributed by atoms with van der Waals surface area (Å²) in [6, 6.07) is 7.95. The molecule has 2 fully saturated rings. The number of ether oxygens (including phenoxy) is 1. The Labute approximate surface area is 126 Å². The molecule has 1 aliphatic carbocycles. The minimum Gasteiger partial charge on any atom is -0.497 e. The number of benzene rings is 1. The summed E-state index contributed by atoms with van der Waals surface area (Å²) in [7, 11) is 1.63. The zero-order chi connectivity index (χ0) is 14.7. The van der Waals surface area contributed by atoms with Gasteiger partial charge in [-0.25, -0.2) is 0 Å². The van der Waals surface area contributed by atoms with Crippen LogP contribution in [0.25, 0.3) is 0 Å². The van der Waals surface area contributed by atoms with Crippen LogP contribution in [-0.2, 0) is 0 Å². The van der Waals surface area contributed by atoms with E-state index < -0.39 is 0 Å². The third-order valence-corrected chi connectivity index (χ3v) is 4.42. The van der Waals surface area contributed by atoms with E-state index in [2.05, 4.69) is 10.2 Å². The number of hydrogen-bond donors (Lipinski definition) is 1. The lowest BCUT2D eigenvalue weighted by Crippen LogP contribution is -2.42. The number of carbonyl (C=O) groups excluding carboxylic acids is 1. The van der Waals surface area contributed by atoms with E-state index in [1.807, 2.05) is 24.3 Å². The van der Waals surface area contributed by atoms with Gasteiger partial charge in [-0.3, -0.25) is 4.79 Å². The quantitative estimate of drug-likeness (QED) is 0.904. The van der Waals surface area contributed by atoms with E-state index in [0.29, 0.717) is 12.0 Å². The van der Waals surface area contributed by atoms with Crippen LogP contribution in [0.2, 0.25) is 0 Å². The third kappa shape index (κ3) is 3.56. The molecule has 1 atom stereocenters. The van der Waals surface area contributed by atoms with Crippen molar-refractivity contribution in [1.82, 2.24) is 10.2 Å². The van der Waals surface area contributed by atoms with E-state index in [4.69, 9.17) is 4.74 Å². The lowest BCUT2D eigenvalue weighted by atomic mass is 9.98. The zero-order valence-corrected chi connectivity index (χ0v) is 12.7. The van der Waals surface area contributed by atoms with Crippen molar-refractivity contribution >= 4 is 5.91 Å². The lowest BCUT2D eigenvalue weighted by molar-refractivity contribution is 0.0704. The number of carbonyl (C=O) groups is 1. The summed E-state index contributed by atoms with van der Waals surface area (Å²) in [6.07, 6.45) is 4.74. The van der Waals surface area contributed by atoms with E-state index in [-0.39, 0.29) is 5.91 Å². The molecule has 114 valence electrons. The van der Waals surface area contributed by atoms with E-state index in [1.54, 1.807) is 7.11 Å². The Kier molecular flexibility index (Phi) is 4.44. The van der Waals surface area contributed by atoms with E-state index in [9.17, 15) is 4.79 Å². The molecule has 1 heterocycles. The summed E-state index contributed by atoms with van der Waals surface area (Å²) < 4.78 is 5.23. The smallest absolute Gasteiger partial charge is 0.254 e. The molecular formula is C17H24N2O2. The van der Waals surface area contributed by atoms with Gasteiger partial charge in [0.05, 0.1) is 7.11 Å². The fraction of sp³-hybridized carbons (Fsp3) is 0.588. The van der Waals surface area contributed by atoms with Crippen molar-refractivity contribution in [1.29, 1.82) is 0 Å². The van der Waals surface area contributed by atoms with Crippen molar-refractivity contribution in [3.8, 4) is 5.75 Å². The highest BCUT2D eigenvalue weighted by Crippen LogP contribution is 2.30. The van der Waals surface area contributed by atoms with Gasteiger partial charge >= 0.3 is 0 Å². The Hall–Kier alpha value is -1.55. The van der Waals surface area contributed by atoms with Gasteiger partial charge in [-0.05, 0) is 62.9 Å². The van der Waals surface area contributed by atoms with Crippen molar-refractivity contribution in [2.24, 2.45) is 5.92 Å². The molecule has 0 radical (unpaired) electrons. The van der Waals surface area contributed by atoms with E-state index in [0.717, 1.165) is 43.8 Å². The van der Waals surface area contributed by atoms with Gasteiger partial charge in [0.2, 0.25) is 0 Å². The maximum absolute atomic E-state index is 12.8. The molecule has 1 unspecified atom stereocenters. The molecule has 4 nitrogen and oxygen atoms in total. The molecule has 21 heavy (non-hydrogen) atoms. The predicted molar refractivity (Wildman–Crippen MR) is 82.6 cm³/mol. The summed E-state index contributed by atoms with van der Waals surface area (Å²) in [5.74, 6) is 1.49. The maximum Gasteiger partial charge on any atom is 0.254 e. The van der Waals surface area contributed by atoms with Gasteiger partial charge in [-0.2, -0.15) is 0 Å². The number of methoxy groups -OCH3 is 1. The molecular weight excluding hydrogens is 264 g/mol. The van der Waals surface area contributed by atoms with Gasteiger partial charge in [-0.15, -0.1) is 0 Å². The fourth-order valence-corrected chi connectivity index (χ4v) is 3.06. The zero-order valence-electron chi connectivity index (χ0n) is 12.7. The predicted octanol–water partition coefficient (Wildman–Crippen LogP) is 2.30. The first-order valence-corrected chi connectivity index (χ1v) is 7.93. The molecule has 1 N–H and O–H groups in total. The first kappa shape index (κ1) is 14.4. The van der Waals surface area contributed by atoms with Crippen molar-refractivity contribution in [3.63, 3.8) is 0 Å². The van der Waals surface area contributed by atoms with Gasteiger partial charge in [-0.1, -0.05) is 6.07 Å². The highest BCUT2D eigenvalue weighted by molar-refractivity contribution is 5.95. The summed E-state index contributed by atoms with van der Waals surface area (Å²) in [4.78, 5) is 14.9. The first-order chi connectivity index (χ1) is 10.3. The average molecular weight is 288 g/mol. The molecule has 1 saturated heterocycles. The molecule has 4 heteroatoms. The molecule has 2 aliphatic rings. The van der Waals surface area contributed by atoms with Crippen LogP contribution >= 0.6 is 0 Å². The monoisotopic (exact) mass is 288 g/mol. The molecule has 1 saturated carbocycles. The molecule has 1 aromatic rings. The molecule has 1 aliphatic heterocycles. The van der Waals surface area contributed by atoms with Crippen LogP contribution in [0.4, 0.5) is 0 Å². The van der Waals surface area contributed by atoms with Gasteiger partial charge in [0, 0.05) is 18.2 Å². The Morgan fingerprint density at radius 1 is 1.38 bits per heavy atom. The van der Waals surface area contributed by atoms with Crippen LogP contribution in [0.15, 0.2) is 24.3 Å². The highest BCUT2D eigenvalue weighted by atomic mass is 16.5. The first-order valence-electron chi connectivity index (χ1n) is 7.93. The second-order valence-corrected chi connectivity index (χ2v) is 6.13. The van der Waals surface area contributed by atoms with Crippen molar-refractivity contribution in [2.75, 3.05) is 26.7 Å². The Balaban J connectivity index is 1.71. The van der Waals surface area contributed by atoms with Crippen molar-refractivity contribution < 1.29 is 9.53 Å². The molecule has 3 rings (SSSR count). The topological polar surface area (TPSA) is 41.6 Å². The Morgan fingerprint density at radius 2 is 2.24 bits per heavy atom. The van der Waals surface area contributed by atoms with E-state index >= 15 is 0 Å². The number of nitrogens with one attached hydrogen (secondary N) is 1. The molecule has 0 bridgehead atoms. The summed E-state index contributed by atoms with van der Waals surface area (Å²) in [5, 5.41) is 3.44. The summed E-state index contributed by atoms with van der Waals surface area (Å²) in [5.41, 5.74) is 0.741. The number of piperidine rings is 1. The van der Waals surface area contributed by atoms with Gasteiger partial charge in [0.25, 0.3) is 5.91 Å². The maximum atomic E-state index is 12.8. The van der Waals surface area contributed by atoms with Gasteiger partial charge in [0.15, 0.2) is 0 Å². The van der Waals surface area contributed by atoms with Crippen LogP contribution in [0.5, 0.6) is 5.75 Å². The second-order valence-electron chi connectivity index (χ2n) is 6.13. The van der Waals surface area contributed by atoms with Crippen LogP contribution in [-0.4, -0.2) is 43.6 Å². The summed E-state index contributed by atoms with van der Waals surface area (Å²) in [6.45, 7) is 3.03. The van der Waals surface area contributed by atoms with Crippen LogP contribution < -0.4 is 10.1 Å². The largest absolute Gasteiger partial charge is 0.497 e. The minimum absolute atomic E-state index is 0.155. The summed E-state index contributed by atoms with van der Waals surface area (Å²) >= 11 is 0. The number of nitrogens with zero attached hydrogens (tertiary/aromatic N) is 1. The van der Waals surface area contributed by atoms with Crippen molar-refractivity contribution in [2.45, 2.75) is 31.7 Å².